The van der Waals surface area contributed by atoms with Crippen LogP contribution in [0.4, 0.5) is 0 Å². The molecule has 4 fully saturated rings. The SMILES string of the molecule is CC(C)C1=C2[C@H]3CC[C@@H]4[C@@]5(C)CCC(OC(=O)CC(C)(C)C(=O)O)C(C)(C)[C@@H]5CC[C@@]4(C)[C@]3(C)CC[C@@]2([C@@H](O)CN(CC(N)=O)C(C)C)CC1=O. The van der Waals surface area contributed by atoms with Gasteiger partial charge in [-0.15, -0.1) is 0 Å². The molecule has 1 amide bonds. The molecule has 0 aliphatic heterocycles. The Morgan fingerprint density at radius 3 is 2.14 bits per heavy atom. The molecule has 5 aliphatic carbocycles. The number of rotatable bonds is 11. The molecule has 5 rings (SSSR count). The lowest BCUT2D eigenvalue weighted by atomic mass is 9.33. The number of esters is 1. The Labute approximate surface area is 306 Å². The van der Waals surface area contributed by atoms with E-state index in [1.165, 1.54) is 5.57 Å². The van der Waals surface area contributed by atoms with Crippen LogP contribution in [0.1, 0.15) is 140 Å². The summed E-state index contributed by atoms with van der Waals surface area (Å²) in [5, 5.41) is 21.8. The zero-order chi connectivity index (χ0) is 38.3. The van der Waals surface area contributed by atoms with E-state index in [0.29, 0.717) is 24.8 Å². The molecule has 288 valence electrons. The van der Waals surface area contributed by atoms with Crippen LogP contribution in [0.15, 0.2) is 11.1 Å². The Kier molecular flexibility index (Phi) is 10.4. The minimum atomic E-state index is -1.18. The molecule has 0 heterocycles. The van der Waals surface area contributed by atoms with Crippen LogP contribution >= 0.6 is 0 Å². The van der Waals surface area contributed by atoms with Crippen molar-refractivity contribution in [3.8, 4) is 0 Å². The number of ether oxygens (including phenoxy) is 1. The second kappa shape index (κ2) is 13.2. The standard InChI is InChI=1S/C42H68N2O7/c1-24(2)34-27(45)20-42(30(46)22-44(25(3)4)23-32(43)47)19-18-40(10)26(35(34)42)12-13-29-39(9)16-15-31(51-33(48)21-37(5,6)36(49)50)38(7,8)28(39)14-17-41(29,40)11/h24-26,28-31,46H,12-23H2,1-11H3,(H2,43,47)(H,49,50)/t26-,28+,29-,30+,31?,39+,40-,41-,42+/m1/s1. The van der Waals surface area contributed by atoms with Crippen molar-refractivity contribution in [2.24, 2.45) is 61.9 Å². The van der Waals surface area contributed by atoms with Crippen molar-refractivity contribution in [2.75, 3.05) is 13.1 Å². The molecule has 4 saturated carbocycles. The van der Waals surface area contributed by atoms with Crippen LogP contribution in [0.25, 0.3) is 0 Å². The number of nitrogens with zero attached hydrogens (tertiary/aromatic N) is 1. The fourth-order valence-electron chi connectivity index (χ4n) is 13.0. The van der Waals surface area contributed by atoms with E-state index in [1.54, 1.807) is 13.8 Å². The maximum atomic E-state index is 14.0. The minimum absolute atomic E-state index is 0.0139. The number of aliphatic carboxylic acids is 1. The summed E-state index contributed by atoms with van der Waals surface area (Å²) in [4.78, 5) is 52.8. The van der Waals surface area contributed by atoms with Gasteiger partial charge in [-0.25, -0.2) is 0 Å². The maximum absolute atomic E-state index is 14.0. The fraction of sp³-hybridized carbons (Fsp3) is 0.857. The molecule has 0 radical (unpaired) electrons. The minimum Gasteiger partial charge on any atom is -0.481 e. The molecule has 0 aromatic rings. The fourth-order valence-corrected chi connectivity index (χ4v) is 13.0. The molecule has 51 heavy (non-hydrogen) atoms. The monoisotopic (exact) mass is 713 g/mol. The number of Topliss-reactive ketones (excluding diaryl/α,β-unsaturated/α-hetero) is 1. The van der Waals surface area contributed by atoms with Crippen molar-refractivity contribution in [3.63, 3.8) is 0 Å². The highest BCUT2D eigenvalue weighted by molar-refractivity contribution is 6.00. The number of carboxylic acids is 1. The zero-order valence-corrected chi connectivity index (χ0v) is 33.5. The first-order valence-corrected chi connectivity index (χ1v) is 19.8. The summed E-state index contributed by atoms with van der Waals surface area (Å²) in [7, 11) is 0. The Morgan fingerprint density at radius 1 is 0.922 bits per heavy atom. The van der Waals surface area contributed by atoms with Gasteiger partial charge >= 0.3 is 11.9 Å². The summed E-state index contributed by atoms with van der Waals surface area (Å²) >= 11 is 0. The maximum Gasteiger partial charge on any atom is 0.309 e. The van der Waals surface area contributed by atoms with Crippen molar-refractivity contribution in [2.45, 2.75) is 159 Å². The number of fused-ring (bicyclic) bond motifs is 7. The number of hydrogen-bond acceptors (Lipinski definition) is 7. The van der Waals surface area contributed by atoms with Gasteiger partial charge in [-0.3, -0.25) is 24.1 Å². The highest BCUT2D eigenvalue weighted by Gasteiger charge is 2.71. The van der Waals surface area contributed by atoms with Gasteiger partial charge in [0.2, 0.25) is 5.91 Å². The average molecular weight is 713 g/mol. The molecular weight excluding hydrogens is 644 g/mol. The van der Waals surface area contributed by atoms with Crippen LogP contribution in [0.5, 0.6) is 0 Å². The van der Waals surface area contributed by atoms with Crippen molar-refractivity contribution in [1.29, 1.82) is 0 Å². The number of ketones is 1. The molecule has 0 aromatic heterocycles. The lowest BCUT2D eigenvalue weighted by Gasteiger charge is -2.72. The largest absolute Gasteiger partial charge is 0.481 e. The number of aliphatic hydroxyl groups is 1. The normalized spacial score (nSPS) is 38.2. The Hall–Kier alpha value is -2.26. The van der Waals surface area contributed by atoms with E-state index in [2.05, 4.69) is 48.5 Å². The first kappa shape index (κ1) is 39.9. The number of amides is 1. The van der Waals surface area contributed by atoms with Crippen LogP contribution in [0.2, 0.25) is 0 Å². The van der Waals surface area contributed by atoms with E-state index >= 15 is 0 Å². The van der Waals surface area contributed by atoms with Gasteiger partial charge < -0.3 is 20.7 Å². The number of carbonyl (C=O) groups is 4. The number of primary amides is 1. The van der Waals surface area contributed by atoms with Gasteiger partial charge in [0.05, 0.1) is 24.5 Å². The highest BCUT2D eigenvalue weighted by atomic mass is 16.5. The molecule has 0 saturated heterocycles. The lowest BCUT2D eigenvalue weighted by molar-refractivity contribution is -0.235. The number of allylic oxidation sites excluding steroid dienone is 1. The molecular formula is C42H68N2O7. The quantitative estimate of drug-likeness (QED) is 0.195. The van der Waals surface area contributed by atoms with E-state index in [0.717, 1.165) is 56.9 Å². The predicted octanol–water partition coefficient (Wildman–Crippen LogP) is 6.94. The van der Waals surface area contributed by atoms with Crippen LogP contribution in [-0.2, 0) is 23.9 Å². The summed E-state index contributed by atoms with van der Waals surface area (Å²) < 4.78 is 6.15. The molecule has 9 atom stereocenters. The first-order valence-electron chi connectivity index (χ1n) is 19.8. The number of hydrogen-bond donors (Lipinski definition) is 3. The summed E-state index contributed by atoms with van der Waals surface area (Å²) in [5.74, 6) is -0.616. The number of aliphatic hydroxyl groups excluding tert-OH is 1. The van der Waals surface area contributed by atoms with Crippen LogP contribution in [0, 0.1) is 56.2 Å². The number of carbonyl (C=O) groups excluding carboxylic acids is 3. The lowest BCUT2D eigenvalue weighted by Crippen LogP contribution is -2.66. The van der Waals surface area contributed by atoms with Gasteiger partial charge in [0.1, 0.15) is 6.10 Å². The summed E-state index contributed by atoms with van der Waals surface area (Å²) in [6.07, 6.45) is 6.64. The third-order valence-corrected chi connectivity index (χ3v) is 16.0. The Balaban J connectivity index is 1.46. The molecule has 4 N–H and O–H groups in total. The third-order valence-electron chi connectivity index (χ3n) is 16.0. The summed E-state index contributed by atoms with van der Waals surface area (Å²) in [6.45, 7) is 23.8. The van der Waals surface area contributed by atoms with Crippen molar-refractivity contribution >= 4 is 23.6 Å². The topological polar surface area (TPSA) is 147 Å². The summed E-state index contributed by atoms with van der Waals surface area (Å²) in [6, 6.07) is 0.0243. The van der Waals surface area contributed by atoms with Gasteiger partial charge in [0.25, 0.3) is 0 Å². The number of carboxylic acid groups (broad SMARTS) is 1. The molecule has 0 aromatic carbocycles. The van der Waals surface area contributed by atoms with Crippen molar-refractivity contribution in [3.05, 3.63) is 11.1 Å². The molecule has 5 aliphatic rings. The van der Waals surface area contributed by atoms with Gasteiger partial charge in [0.15, 0.2) is 5.78 Å². The molecule has 0 spiro atoms. The summed E-state index contributed by atoms with van der Waals surface area (Å²) in [5.41, 5.74) is 5.70. The van der Waals surface area contributed by atoms with E-state index in [9.17, 15) is 29.4 Å². The number of nitrogens with two attached hydrogens (primary N) is 1. The highest BCUT2D eigenvalue weighted by Crippen LogP contribution is 2.77. The smallest absolute Gasteiger partial charge is 0.309 e. The van der Waals surface area contributed by atoms with Gasteiger partial charge in [-0.05, 0) is 125 Å². The first-order chi connectivity index (χ1) is 23.4. The Morgan fingerprint density at radius 2 is 1.57 bits per heavy atom. The average Bonchev–Trinajstić information content (AvgIpc) is 3.31. The van der Waals surface area contributed by atoms with Crippen molar-refractivity contribution < 1.29 is 34.1 Å². The van der Waals surface area contributed by atoms with Crippen LogP contribution in [-0.4, -0.2) is 70.1 Å². The van der Waals surface area contributed by atoms with E-state index in [1.807, 2.05) is 18.7 Å². The van der Waals surface area contributed by atoms with E-state index in [-0.39, 0.29) is 64.4 Å². The van der Waals surface area contributed by atoms with Gasteiger partial charge in [-0.1, -0.05) is 54.0 Å². The Bertz CT molecular complexity index is 1460. The van der Waals surface area contributed by atoms with Gasteiger partial charge in [0, 0.05) is 29.8 Å². The molecule has 9 nitrogen and oxygen atoms in total. The molecule has 0 bridgehead atoms. The van der Waals surface area contributed by atoms with Gasteiger partial charge in [-0.2, -0.15) is 0 Å². The second-order valence-corrected chi connectivity index (χ2v) is 20.1. The molecule has 1 unspecified atom stereocenters. The third kappa shape index (κ3) is 6.22. The van der Waals surface area contributed by atoms with Crippen LogP contribution in [0.3, 0.4) is 0 Å². The van der Waals surface area contributed by atoms with Crippen LogP contribution < -0.4 is 5.73 Å². The van der Waals surface area contributed by atoms with Crippen molar-refractivity contribution in [1.82, 2.24) is 4.90 Å². The molecule has 9 heteroatoms. The van der Waals surface area contributed by atoms with E-state index in [4.69, 9.17) is 10.5 Å². The predicted molar refractivity (Wildman–Crippen MR) is 197 cm³/mol. The zero-order valence-electron chi connectivity index (χ0n) is 33.5. The van der Waals surface area contributed by atoms with E-state index < -0.39 is 34.8 Å². The second-order valence-electron chi connectivity index (χ2n) is 20.1.